The second-order valence-electron chi connectivity index (χ2n) is 3.41. The summed E-state index contributed by atoms with van der Waals surface area (Å²) < 4.78 is 10.6. The zero-order chi connectivity index (χ0) is 11.4. The van der Waals surface area contributed by atoms with E-state index in [1.165, 1.54) is 0 Å². The van der Waals surface area contributed by atoms with Gasteiger partial charge in [-0.05, 0) is 12.1 Å². The van der Waals surface area contributed by atoms with Crippen LogP contribution in [0.4, 0.5) is 0 Å². The van der Waals surface area contributed by atoms with Gasteiger partial charge in [-0.15, -0.1) is 0 Å². The molecule has 2 rings (SSSR count). The SMILES string of the molecule is O=C(OC1CCO/C1=C\Br)c1ccccc1. The lowest BCUT2D eigenvalue weighted by Gasteiger charge is -2.11. The summed E-state index contributed by atoms with van der Waals surface area (Å²) >= 11 is 3.18. The van der Waals surface area contributed by atoms with Gasteiger partial charge < -0.3 is 9.47 Å². The normalized spacial score (nSPS) is 21.8. The number of halogens is 1. The van der Waals surface area contributed by atoms with Crippen LogP contribution in [0.5, 0.6) is 0 Å². The Labute approximate surface area is 102 Å². The van der Waals surface area contributed by atoms with Gasteiger partial charge >= 0.3 is 5.97 Å². The Morgan fingerprint density at radius 2 is 2.19 bits per heavy atom. The van der Waals surface area contributed by atoms with Gasteiger partial charge in [0.15, 0.2) is 6.10 Å². The number of ether oxygens (including phenoxy) is 2. The van der Waals surface area contributed by atoms with Crippen LogP contribution in [-0.2, 0) is 9.47 Å². The molecule has 1 unspecified atom stereocenters. The van der Waals surface area contributed by atoms with Crippen LogP contribution >= 0.6 is 15.9 Å². The molecule has 0 bridgehead atoms. The molecule has 1 aliphatic heterocycles. The van der Waals surface area contributed by atoms with Crippen molar-refractivity contribution in [1.29, 1.82) is 0 Å². The Morgan fingerprint density at radius 3 is 2.88 bits per heavy atom. The van der Waals surface area contributed by atoms with Crippen LogP contribution in [0, 0.1) is 0 Å². The standard InChI is InChI=1S/C12H11BrO3/c13-8-11-10(6-7-15-11)16-12(14)9-4-2-1-3-5-9/h1-5,8,10H,6-7H2/b11-8-. The molecule has 4 heteroatoms. The van der Waals surface area contributed by atoms with Crippen molar-refractivity contribution in [2.75, 3.05) is 6.61 Å². The quantitative estimate of drug-likeness (QED) is 0.783. The van der Waals surface area contributed by atoms with Crippen LogP contribution in [0.3, 0.4) is 0 Å². The van der Waals surface area contributed by atoms with E-state index < -0.39 is 0 Å². The lowest BCUT2D eigenvalue weighted by Crippen LogP contribution is -2.16. The predicted molar refractivity (Wildman–Crippen MR) is 63.2 cm³/mol. The van der Waals surface area contributed by atoms with Crippen LogP contribution in [0.25, 0.3) is 0 Å². The van der Waals surface area contributed by atoms with E-state index in [-0.39, 0.29) is 12.1 Å². The van der Waals surface area contributed by atoms with Crippen molar-refractivity contribution in [1.82, 2.24) is 0 Å². The van der Waals surface area contributed by atoms with Gasteiger partial charge in [0.25, 0.3) is 0 Å². The molecule has 1 atom stereocenters. The number of rotatable bonds is 2. The van der Waals surface area contributed by atoms with Crippen LogP contribution < -0.4 is 0 Å². The van der Waals surface area contributed by atoms with E-state index in [4.69, 9.17) is 9.47 Å². The van der Waals surface area contributed by atoms with Crippen LogP contribution in [-0.4, -0.2) is 18.7 Å². The predicted octanol–water partition coefficient (Wildman–Crippen LogP) is 2.87. The summed E-state index contributed by atoms with van der Waals surface area (Å²) in [6.45, 7) is 0.587. The lowest BCUT2D eigenvalue weighted by molar-refractivity contribution is 0.0368. The Hall–Kier alpha value is -1.29. The summed E-state index contributed by atoms with van der Waals surface area (Å²) in [4.78, 5) is 13.4. The molecule has 0 N–H and O–H groups in total. The monoisotopic (exact) mass is 282 g/mol. The van der Waals surface area contributed by atoms with E-state index in [0.717, 1.165) is 0 Å². The molecule has 0 amide bonds. The fraction of sp³-hybridized carbons (Fsp3) is 0.250. The smallest absolute Gasteiger partial charge is 0.338 e. The Balaban J connectivity index is 2.03. The first-order valence-corrected chi connectivity index (χ1v) is 5.92. The van der Waals surface area contributed by atoms with Crippen LogP contribution in [0.1, 0.15) is 16.8 Å². The molecule has 1 saturated heterocycles. The van der Waals surface area contributed by atoms with Crippen molar-refractivity contribution in [3.63, 3.8) is 0 Å². The molecule has 1 aromatic rings. The summed E-state index contributed by atoms with van der Waals surface area (Å²) in [7, 11) is 0. The molecule has 0 aliphatic carbocycles. The Kier molecular flexibility index (Phi) is 3.62. The minimum absolute atomic E-state index is 0.271. The Bertz CT molecular complexity index is 400. The number of esters is 1. The lowest BCUT2D eigenvalue weighted by atomic mass is 10.2. The maximum Gasteiger partial charge on any atom is 0.338 e. The zero-order valence-corrected chi connectivity index (χ0v) is 10.1. The van der Waals surface area contributed by atoms with Gasteiger partial charge in [0.05, 0.1) is 12.2 Å². The highest BCUT2D eigenvalue weighted by atomic mass is 79.9. The topological polar surface area (TPSA) is 35.5 Å². The number of carbonyl (C=O) groups excluding carboxylic acids is 1. The van der Waals surface area contributed by atoms with E-state index >= 15 is 0 Å². The first kappa shape index (κ1) is 11.2. The first-order valence-electron chi connectivity index (χ1n) is 5.00. The minimum Gasteiger partial charge on any atom is -0.493 e. The van der Waals surface area contributed by atoms with E-state index in [1.807, 2.05) is 18.2 Å². The highest BCUT2D eigenvalue weighted by molar-refractivity contribution is 9.11. The summed E-state index contributed by atoms with van der Waals surface area (Å²) in [6.07, 6.45) is 0.433. The molecule has 1 aliphatic rings. The molecule has 1 aromatic carbocycles. The fourth-order valence-corrected chi connectivity index (χ4v) is 1.94. The molecule has 84 valence electrons. The van der Waals surface area contributed by atoms with Crippen LogP contribution in [0.2, 0.25) is 0 Å². The van der Waals surface area contributed by atoms with E-state index in [0.29, 0.717) is 24.4 Å². The number of carbonyl (C=O) groups is 1. The molecule has 0 spiro atoms. The van der Waals surface area contributed by atoms with Gasteiger partial charge in [0.2, 0.25) is 0 Å². The second-order valence-corrected chi connectivity index (χ2v) is 3.87. The third-order valence-electron chi connectivity index (χ3n) is 2.33. The average molecular weight is 283 g/mol. The van der Waals surface area contributed by atoms with Gasteiger partial charge in [0.1, 0.15) is 5.76 Å². The molecular formula is C12H11BrO3. The maximum absolute atomic E-state index is 11.7. The molecule has 1 heterocycles. The van der Waals surface area contributed by atoms with Gasteiger partial charge in [-0.25, -0.2) is 4.79 Å². The van der Waals surface area contributed by atoms with E-state index in [9.17, 15) is 4.79 Å². The Morgan fingerprint density at radius 1 is 1.44 bits per heavy atom. The van der Waals surface area contributed by atoms with E-state index in [2.05, 4.69) is 15.9 Å². The minimum atomic E-state index is -0.317. The van der Waals surface area contributed by atoms with Gasteiger partial charge in [-0.3, -0.25) is 0 Å². The summed E-state index contributed by atoms with van der Waals surface area (Å²) in [6, 6.07) is 8.94. The first-order chi connectivity index (χ1) is 7.81. The van der Waals surface area contributed by atoms with Crippen LogP contribution in [0.15, 0.2) is 41.1 Å². The third kappa shape index (κ3) is 2.44. The fourth-order valence-electron chi connectivity index (χ4n) is 1.51. The summed E-state index contributed by atoms with van der Waals surface area (Å²) in [5, 5.41) is 0. The van der Waals surface area contributed by atoms with Crippen molar-refractivity contribution in [2.45, 2.75) is 12.5 Å². The number of hydrogen-bond donors (Lipinski definition) is 0. The number of benzene rings is 1. The number of hydrogen-bond acceptors (Lipinski definition) is 3. The molecule has 0 aromatic heterocycles. The average Bonchev–Trinajstić information content (AvgIpc) is 2.77. The van der Waals surface area contributed by atoms with E-state index in [1.54, 1.807) is 17.1 Å². The van der Waals surface area contributed by atoms with Crippen molar-refractivity contribution < 1.29 is 14.3 Å². The van der Waals surface area contributed by atoms with Gasteiger partial charge in [-0.2, -0.15) is 0 Å². The molecule has 0 radical (unpaired) electrons. The highest BCUT2D eigenvalue weighted by Crippen LogP contribution is 2.23. The molecule has 3 nitrogen and oxygen atoms in total. The van der Waals surface area contributed by atoms with Gasteiger partial charge in [0, 0.05) is 11.4 Å². The molecule has 1 fully saturated rings. The highest BCUT2D eigenvalue weighted by Gasteiger charge is 2.26. The zero-order valence-electron chi connectivity index (χ0n) is 8.56. The van der Waals surface area contributed by atoms with Crippen molar-refractivity contribution in [3.05, 3.63) is 46.6 Å². The second kappa shape index (κ2) is 5.16. The van der Waals surface area contributed by atoms with Crippen molar-refractivity contribution in [3.8, 4) is 0 Å². The molecule has 16 heavy (non-hydrogen) atoms. The molecular weight excluding hydrogens is 272 g/mol. The van der Waals surface area contributed by atoms with Crippen molar-refractivity contribution in [2.24, 2.45) is 0 Å². The summed E-state index contributed by atoms with van der Waals surface area (Å²) in [5.41, 5.74) is 0.559. The largest absolute Gasteiger partial charge is 0.493 e. The maximum atomic E-state index is 11.7. The van der Waals surface area contributed by atoms with Gasteiger partial charge in [-0.1, -0.05) is 34.1 Å². The molecule has 0 saturated carbocycles. The third-order valence-corrected chi connectivity index (χ3v) is 2.78. The summed E-state index contributed by atoms with van der Waals surface area (Å²) in [5.74, 6) is 0.354. The van der Waals surface area contributed by atoms with Crippen molar-refractivity contribution >= 4 is 21.9 Å².